The van der Waals surface area contributed by atoms with Crippen LogP contribution in [0.25, 0.3) is 0 Å². The summed E-state index contributed by atoms with van der Waals surface area (Å²) in [5.41, 5.74) is -0.447. The van der Waals surface area contributed by atoms with Crippen LogP contribution in [0.15, 0.2) is 15.9 Å². The van der Waals surface area contributed by atoms with Crippen molar-refractivity contribution in [3.8, 4) is 11.5 Å². The highest BCUT2D eigenvalue weighted by Crippen LogP contribution is 2.38. The summed E-state index contributed by atoms with van der Waals surface area (Å²) in [5.74, 6) is -2.26. The minimum absolute atomic E-state index is 0.342. The Bertz CT molecular complexity index is 614. The molecule has 0 atom stereocenters. The van der Waals surface area contributed by atoms with E-state index in [2.05, 4.69) is 0 Å². The molecule has 0 bridgehead atoms. The molecule has 0 aromatic heterocycles. The van der Waals surface area contributed by atoms with Gasteiger partial charge < -0.3 is 10.2 Å². The minimum atomic E-state index is -4.94. The van der Waals surface area contributed by atoms with Crippen molar-refractivity contribution in [3.05, 3.63) is 11.6 Å². The standard InChI is InChI=1S/C7H8O8S2/c1-3-4(16(10,11)12)2-5(17(13,14)15)7(9)6(3)8/h2,8-9H,1H3,(H,10,11,12)(H,13,14,15). The lowest BCUT2D eigenvalue weighted by Gasteiger charge is -2.09. The summed E-state index contributed by atoms with van der Waals surface area (Å²) in [6.45, 7) is 1.03. The third-order valence-corrected chi connectivity index (χ3v) is 3.85. The fourth-order valence-electron chi connectivity index (χ4n) is 1.17. The van der Waals surface area contributed by atoms with Gasteiger partial charge in [0.05, 0.1) is 0 Å². The molecule has 0 aliphatic carbocycles. The monoisotopic (exact) mass is 284 g/mol. The van der Waals surface area contributed by atoms with Crippen LogP contribution < -0.4 is 0 Å². The third kappa shape index (κ3) is 2.49. The number of hydrogen-bond acceptors (Lipinski definition) is 6. The van der Waals surface area contributed by atoms with Gasteiger partial charge in [-0.15, -0.1) is 0 Å². The van der Waals surface area contributed by atoms with Gasteiger partial charge in [-0.25, -0.2) is 0 Å². The van der Waals surface area contributed by atoms with Crippen LogP contribution in [0.5, 0.6) is 11.5 Å². The normalized spacial score (nSPS) is 12.6. The minimum Gasteiger partial charge on any atom is -0.504 e. The van der Waals surface area contributed by atoms with E-state index in [9.17, 15) is 27.0 Å². The highest BCUT2D eigenvalue weighted by molar-refractivity contribution is 7.86. The van der Waals surface area contributed by atoms with E-state index in [4.69, 9.17) is 9.11 Å². The van der Waals surface area contributed by atoms with E-state index in [1.807, 2.05) is 0 Å². The lowest BCUT2D eigenvalue weighted by molar-refractivity contribution is 0.383. The number of phenols is 2. The first kappa shape index (κ1) is 13.7. The Morgan fingerprint density at radius 2 is 1.29 bits per heavy atom. The summed E-state index contributed by atoms with van der Waals surface area (Å²) in [7, 11) is -9.74. The van der Waals surface area contributed by atoms with Gasteiger partial charge >= 0.3 is 0 Å². The predicted octanol–water partition coefficient (Wildman–Crippen LogP) is -0.100. The van der Waals surface area contributed by atoms with E-state index in [0.29, 0.717) is 6.07 Å². The zero-order valence-electron chi connectivity index (χ0n) is 8.32. The van der Waals surface area contributed by atoms with Crippen LogP contribution in [0.2, 0.25) is 0 Å². The number of rotatable bonds is 2. The SMILES string of the molecule is Cc1c(S(=O)(=O)O)cc(S(=O)(=O)O)c(O)c1O. The Labute approximate surface area is 96.6 Å². The molecule has 0 radical (unpaired) electrons. The molecule has 1 aromatic rings. The second-order valence-electron chi connectivity index (χ2n) is 3.15. The first-order valence-corrected chi connectivity index (χ1v) is 6.84. The quantitative estimate of drug-likeness (QED) is 0.434. The van der Waals surface area contributed by atoms with Crippen LogP contribution in [0.1, 0.15) is 5.56 Å². The molecule has 0 saturated heterocycles. The molecule has 0 unspecified atom stereocenters. The van der Waals surface area contributed by atoms with Gasteiger partial charge in [-0.1, -0.05) is 0 Å². The van der Waals surface area contributed by atoms with Crippen molar-refractivity contribution in [2.24, 2.45) is 0 Å². The molecule has 0 spiro atoms. The second-order valence-corrected chi connectivity index (χ2v) is 5.93. The number of phenolic OH excluding ortho intramolecular Hbond substituents is 2. The van der Waals surface area contributed by atoms with Crippen LogP contribution in [0.3, 0.4) is 0 Å². The smallest absolute Gasteiger partial charge is 0.298 e. The van der Waals surface area contributed by atoms with Crippen molar-refractivity contribution in [1.82, 2.24) is 0 Å². The van der Waals surface area contributed by atoms with Gasteiger partial charge in [0, 0.05) is 5.56 Å². The molecule has 4 N–H and O–H groups in total. The van der Waals surface area contributed by atoms with Crippen molar-refractivity contribution in [3.63, 3.8) is 0 Å². The number of benzene rings is 1. The zero-order valence-corrected chi connectivity index (χ0v) is 9.95. The van der Waals surface area contributed by atoms with Crippen LogP contribution in [0.4, 0.5) is 0 Å². The van der Waals surface area contributed by atoms with Gasteiger partial charge in [0.15, 0.2) is 11.5 Å². The third-order valence-electron chi connectivity index (χ3n) is 2.00. The molecule has 0 aliphatic rings. The van der Waals surface area contributed by atoms with Gasteiger partial charge in [-0.2, -0.15) is 16.8 Å². The number of aromatic hydroxyl groups is 2. The molecule has 10 heteroatoms. The maximum atomic E-state index is 10.9. The van der Waals surface area contributed by atoms with Gasteiger partial charge in [-0.05, 0) is 13.0 Å². The molecule has 0 aliphatic heterocycles. The van der Waals surface area contributed by atoms with Crippen molar-refractivity contribution < 1.29 is 36.2 Å². The Hall–Kier alpha value is -1.36. The molecule has 0 amide bonds. The maximum absolute atomic E-state index is 10.9. The van der Waals surface area contributed by atoms with Gasteiger partial charge in [0.1, 0.15) is 9.79 Å². The molecule has 8 nitrogen and oxygen atoms in total. The summed E-state index contributed by atoms with van der Waals surface area (Å²) in [6.07, 6.45) is 0. The zero-order chi connectivity index (χ0) is 13.6. The average Bonchev–Trinajstić information content (AvgIpc) is 2.10. The van der Waals surface area contributed by atoms with Gasteiger partial charge in [0.2, 0.25) is 0 Å². The van der Waals surface area contributed by atoms with Crippen LogP contribution in [-0.2, 0) is 20.2 Å². The fraction of sp³-hybridized carbons (Fsp3) is 0.143. The molecule has 17 heavy (non-hydrogen) atoms. The molecule has 0 heterocycles. The summed E-state index contributed by atoms with van der Waals surface area (Å²) < 4.78 is 60.9. The Kier molecular flexibility index (Phi) is 3.09. The molecule has 0 saturated carbocycles. The van der Waals surface area contributed by atoms with E-state index in [-0.39, 0.29) is 0 Å². The van der Waals surface area contributed by atoms with E-state index >= 15 is 0 Å². The van der Waals surface area contributed by atoms with Gasteiger partial charge in [0.25, 0.3) is 20.2 Å². The largest absolute Gasteiger partial charge is 0.504 e. The molecular weight excluding hydrogens is 276 g/mol. The molecule has 1 aromatic carbocycles. The van der Waals surface area contributed by atoms with Crippen molar-refractivity contribution in [1.29, 1.82) is 0 Å². The van der Waals surface area contributed by atoms with Crippen LogP contribution >= 0.6 is 0 Å². The highest BCUT2D eigenvalue weighted by Gasteiger charge is 2.26. The molecule has 0 fully saturated rings. The lowest BCUT2D eigenvalue weighted by atomic mass is 10.2. The van der Waals surface area contributed by atoms with Crippen molar-refractivity contribution in [2.45, 2.75) is 16.7 Å². The predicted molar refractivity (Wildman–Crippen MR) is 54.1 cm³/mol. The van der Waals surface area contributed by atoms with Crippen molar-refractivity contribution >= 4 is 20.2 Å². The average molecular weight is 284 g/mol. The summed E-state index contributed by atoms with van der Waals surface area (Å²) in [4.78, 5) is -2.14. The fourth-order valence-corrected chi connectivity index (χ4v) is 2.60. The molecular formula is C7H8O8S2. The van der Waals surface area contributed by atoms with Gasteiger partial charge in [-0.3, -0.25) is 9.11 Å². The first-order chi connectivity index (χ1) is 7.46. The molecule has 96 valence electrons. The highest BCUT2D eigenvalue weighted by atomic mass is 32.2. The summed E-state index contributed by atoms with van der Waals surface area (Å²) >= 11 is 0. The van der Waals surface area contributed by atoms with Crippen molar-refractivity contribution in [2.75, 3.05) is 0 Å². The van der Waals surface area contributed by atoms with E-state index in [0.717, 1.165) is 6.92 Å². The maximum Gasteiger partial charge on any atom is 0.298 e. The second kappa shape index (κ2) is 3.84. The number of hydrogen-bond donors (Lipinski definition) is 4. The van der Waals surface area contributed by atoms with Crippen LogP contribution in [0, 0.1) is 6.92 Å². The van der Waals surface area contributed by atoms with E-state index < -0.39 is 47.1 Å². The van der Waals surface area contributed by atoms with Crippen LogP contribution in [-0.4, -0.2) is 36.2 Å². The summed E-state index contributed by atoms with van der Waals surface area (Å²) in [6, 6.07) is 0.342. The topological polar surface area (TPSA) is 149 Å². The Morgan fingerprint density at radius 1 is 0.882 bits per heavy atom. The Morgan fingerprint density at radius 3 is 1.65 bits per heavy atom. The lowest BCUT2D eigenvalue weighted by Crippen LogP contribution is -2.06. The summed E-state index contributed by atoms with van der Waals surface area (Å²) in [5, 5.41) is 18.5. The van der Waals surface area contributed by atoms with E-state index in [1.165, 1.54) is 0 Å². The van der Waals surface area contributed by atoms with E-state index in [1.54, 1.807) is 0 Å². The first-order valence-electron chi connectivity index (χ1n) is 3.96. The Balaban J connectivity index is 3.88. The molecule has 1 rings (SSSR count).